The summed E-state index contributed by atoms with van der Waals surface area (Å²) in [5, 5.41) is 26.3. The van der Waals surface area contributed by atoms with Crippen LogP contribution in [-0.2, 0) is 9.53 Å². The topological polar surface area (TPSA) is 137 Å². The van der Waals surface area contributed by atoms with E-state index in [9.17, 15) is 25.0 Å². The van der Waals surface area contributed by atoms with E-state index in [1.54, 1.807) is 0 Å². The molecule has 2 aliphatic rings. The summed E-state index contributed by atoms with van der Waals surface area (Å²) in [7, 11) is 0. The van der Waals surface area contributed by atoms with Gasteiger partial charge in [-0.25, -0.2) is 0 Å². The van der Waals surface area contributed by atoms with E-state index in [1.165, 1.54) is 19.1 Å². The summed E-state index contributed by atoms with van der Waals surface area (Å²) in [6.07, 6.45) is 2.75. The summed E-state index contributed by atoms with van der Waals surface area (Å²) in [5.74, 6) is 0.563. The highest BCUT2D eigenvalue weighted by atomic mass is 16.6. The molecule has 0 aromatic heterocycles. The van der Waals surface area contributed by atoms with Crippen molar-refractivity contribution in [1.29, 1.82) is 0 Å². The lowest BCUT2D eigenvalue weighted by Gasteiger charge is -2.22. The predicted molar refractivity (Wildman–Crippen MR) is 91.8 cm³/mol. The average Bonchev–Trinajstić information content (AvgIpc) is 3.17. The molecule has 3 atom stereocenters. The van der Waals surface area contributed by atoms with E-state index < -0.39 is 15.5 Å². The van der Waals surface area contributed by atoms with Crippen LogP contribution in [-0.4, -0.2) is 28.1 Å². The van der Waals surface area contributed by atoms with Gasteiger partial charge in [-0.1, -0.05) is 0 Å². The molecule has 0 radical (unpaired) electrons. The van der Waals surface area contributed by atoms with Gasteiger partial charge in [0, 0.05) is 30.5 Å². The second-order valence-electron chi connectivity index (χ2n) is 6.64. The van der Waals surface area contributed by atoms with Crippen LogP contribution in [0.5, 0.6) is 0 Å². The summed E-state index contributed by atoms with van der Waals surface area (Å²) >= 11 is 0. The van der Waals surface area contributed by atoms with E-state index >= 15 is 0 Å². The third kappa shape index (κ3) is 3.63. The molecule has 3 unspecified atom stereocenters. The molecule has 0 spiro atoms. The van der Waals surface area contributed by atoms with Crippen LogP contribution >= 0.6 is 0 Å². The molecule has 138 valence electrons. The molecule has 10 nitrogen and oxygen atoms in total. The predicted octanol–water partition coefficient (Wildman–Crippen LogP) is 2.88. The van der Waals surface area contributed by atoms with Crippen molar-refractivity contribution in [3.05, 3.63) is 38.4 Å². The largest absolute Gasteiger partial charge is 0.466 e. The Morgan fingerprint density at radius 3 is 2.69 bits per heavy atom. The Hall–Kier alpha value is -3.04. The van der Waals surface area contributed by atoms with E-state index in [0.29, 0.717) is 12.5 Å². The number of hydrogen-bond acceptors (Lipinski definition) is 8. The number of hydrazone groups is 1. The van der Waals surface area contributed by atoms with Gasteiger partial charge in [-0.2, -0.15) is 5.10 Å². The second-order valence-corrected chi connectivity index (χ2v) is 6.64. The highest BCUT2D eigenvalue weighted by Crippen LogP contribution is 2.47. The molecule has 26 heavy (non-hydrogen) atoms. The van der Waals surface area contributed by atoms with E-state index in [1.807, 2.05) is 0 Å². The number of rotatable bonds is 6. The van der Waals surface area contributed by atoms with Crippen molar-refractivity contribution in [2.45, 2.75) is 26.2 Å². The van der Waals surface area contributed by atoms with Crippen LogP contribution < -0.4 is 5.43 Å². The minimum Gasteiger partial charge on any atom is -0.466 e. The number of esters is 1. The van der Waals surface area contributed by atoms with E-state index in [-0.39, 0.29) is 29.2 Å². The Balaban J connectivity index is 1.75. The molecule has 2 bridgehead atoms. The van der Waals surface area contributed by atoms with E-state index in [0.717, 1.165) is 31.0 Å². The van der Waals surface area contributed by atoms with Gasteiger partial charge in [0.25, 0.3) is 5.69 Å². The molecule has 0 saturated heterocycles. The first-order chi connectivity index (χ1) is 12.3. The van der Waals surface area contributed by atoms with Gasteiger partial charge in [0.05, 0.1) is 22.5 Å². The number of non-ortho nitro benzene ring substituents is 1. The van der Waals surface area contributed by atoms with Crippen molar-refractivity contribution in [3.8, 4) is 0 Å². The molecule has 2 fully saturated rings. The van der Waals surface area contributed by atoms with E-state index in [4.69, 9.17) is 4.74 Å². The standard InChI is InChI=1S/C16H18N4O6/c1-9(21)26-8-11-4-10-5-13(11)15(6-10)18-17-14-3-2-12(19(22)23)7-16(14)20(24)25/h2-3,7,10-11,13,17H,4-6,8H2,1H3. The van der Waals surface area contributed by atoms with Crippen molar-refractivity contribution >= 4 is 28.7 Å². The third-order valence-electron chi connectivity index (χ3n) is 4.93. The number of anilines is 1. The van der Waals surface area contributed by atoms with Crippen molar-refractivity contribution in [3.63, 3.8) is 0 Å². The quantitative estimate of drug-likeness (QED) is 0.466. The fourth-order valence-electron chi connectivity index (χ4n) is 3.81. The van der Waals surface area contributed by atoms with Gasteiger partial charge in [0.2, 0.25) is 0 Å². The Morgan fingerprint density at radius 1 is 1.31 bits per heavy atom. The lowest BCUT2D eigenvalue weighted by atomic mass is 9.88. The third-order valence-corrected chi connectivity index (χ3v) is 4.93. The van der Waals surface area contributed by atoms with Crippen LogP contribution in [0.25, 0.3) is 0 Å². The maximum atomic E-state index is 11.2. The van der Waals surface area contributed by atoms with Crippen LogP contribution in [0.3, 0.4) is 0 Å². The number of fused-ring (bicyclic) bond motifs is 2. The summed E-state index contributed by atoms with van der Waals surface area (Å²) in [5.41, 5.74) is 2.94. The molecule has 2 saturated carbocycles. The molecule has 10 heteroatoms. The Labute approximate surface area is 148 Å². The number of ether oxygens (including phenoxy) is 1. The van der Waals surface area contributed by atoms with Gasteiger partial charge < -0.3 is 4.74 Å². The number of nitrogens with one attached hydrogen (secondary N) is 1. The number of carbonyl (C=O) groups excluding carboxylic acids is 1. The summed E-state index contributed by atoms with van der Waals surface area (Å²) in [6, 6.07) is 3.39. The number of nitro benzene ring substituents is 2. The molecule has 2 aliphatic carbocycles. The lowest BCUT2D eigenvalue weighted by molar-refractivity contribution is -0.393. The molecule has 3 rings (SSSR count). The minimum atomic E-state index is -0.682. The molecule has 0 aliphatic heterocycles. The van der Waals surface area contributed by atoms with Crippen LogP contribution in [0.4, 0.5) is 17.1 Å². The van der Waals surface area contributed by atoms with Gasteiger partial charge in [-0.15, -0.1) is 0 Å². The lowest BCUT2D eigenvalue weighted by Crippen LogP contribution is -2.25. The Bertz CT molecular complexity index is 793. The molecule has 1 aromatic carbocycles. The summed E-state index contributed by atoms with van der Waals surface area (Å²) in [6.45, 7) is 1.73. The molecular weight excluding hydrogens is 344 g/mol. The number of hydrogen-bond donors (Lipinski definition) is 1. The van der Waals surface area contributed by atoms with Crippen LogP contribution in [0, 0.1) is 38.0 Å². The smallest absolute Gasteiger partial charge is 0.302 e. The highest BCUT2D eigenvalue weighted by molar-refractivity contribution is 5.91. The van der Waals surface area contributed by atoms with Crippen LogP contribution in [0.15, 0.2) is 23.3 Å². The average molecular weight is 362 g/mol. The minimum absolute atomic E-state index is 0.104. The maximum Gasteiger partial charge on any atom is 0.302 e. The number of benzene rings is 1. The van der Waals surface area contributed by atoms with Gasteiger partial charge >= 0.3 is 11.7 Å². The zero-order valence-corrected chi connectivity index (χ0v) is 14.1. The van der Waals surface area contributed by atoms with Gasteiger partial charge in [-0.05, 0) is 31.2 Å². The van der Waals surface area contributed by atoms with Gasteiger partial charge in [0.15, 0.2) is 0 Å². The molecule has 1 aromatic rings. The highest BCUT2D eigenvalue weighted by Gasteiger charge is 2.44. The van der Waals surface area contributed by atoms with Gasteiger partial charge in [-0.3, -0.25) is 30.4 Å². The fourth-order valence-corrected chi connectivity index (χ4v) is 3.81. The van der Waals surface area contributed by atoms with Gasteiger partial charge in [0.1, 0.15) is 5.69 Å². The molecule has 0 heterocycles. The summed E-state index contributed by atoms with van der Waals surface area (Å²) in [4.78, 5) is 31.6. The van der Waals surface area contributed by atoms with Crippen LogP contribution in [0.2, 0.25) is 0 Å². The monoisotopic (exact) mass is 362 g/mol. The first kappa shape index (κ1) is 17.8. The normalized spacial score (nSPS) is 25.3. The number of nitro groups is 2. The van der Waals surface area contributed by atoms with Crippen molar-refractivity contribution < 1.29 is 19.4 Å². The Kier molecular flexibility index (Phi) is 4.83. The zero-order valence-electron chi connectivity index (χ0n) is 14.1. The van der Waals surface area contributed by atoms with Crippen LogP contribution in [0.1, 0.15) is 26.2 Å². The molecule has 0 amide bonds. The first-order valence-corrected chi connectivity index (χ1v) is 8.23. The first-order valence-electron chi connectivity index (χ1n) is 8.23. The molecular formula is C16H18N4O6. The van der Waals surface area contributed by atoms with Crippen molar-refractivity contribution in [2.75, 3.05) is 12.0 Å². The SMILES string of the molecule is CC(=O)OCC1CC2CC(=NNc3ccc([N+](=O)[O-])cc3[N+](=O)[O-])C1C2. The van der Waals surface area contributed by atoms with E-state index in [2.05, 4.69) is 10.5 Å². The zero-order chi connectivity index (χ0) is 18.8. The van der Waals surface area contributed by atoms with Crippen molar-refractivity contribution in [1.82, 2.24) is 0 Å². The number of carbonyl (C=O) groups is 1. The van der Waals surface area contributed by atoms with Crippen molar-refractivity contribution in [2.24, 2.45) is 22.9 Å². The fraction of sp³-hybridized carbons (Fsp3) is 0.500. The summed E-state index contributed by atoms with van der Waals surface area (Å²) < 4.78 is 5.11. The molecule has 1 N–H and O–H groups in total. The maximum absolute atomic E-state index is 11.2. The number of nitrogens with zero attached hydrogens (tertiary/aromatic N) is 3. The second kappa shape index (κ2) is 7.06. The Morgan fingerprint density at radius 2 is 2.08 bits per heavy atom.